The Morgan fingerprint density at radius 3 is 2.79 bits per heavy atom. The number of aromatic nitrogens is 3. The van der Waals surface area contributed by atoms with Crippen molar-refractivity contribution in [3.63, 3.8) is 0 Å². The van der Waals surface area contributed by atoms with Crippen molar-refractivity contribution in [2.24, 2.45) is 0 Å². The second-order valence-corrected chi connectivity index (χ2v) is 5.03. The van der Waals surface area contributed by atoms with E-state index in [1.165, 1.54) is 5.56 Å². The van der Waals surface area contributed by atoms with Gasteiger partial charge in [-0.15, -0.1) is 16.9 Å². The predicted molar refractivity (Wildman–Crippen MR) is 76.7 cm³/mol. The number of benzene rings is 2. The molecule has 1 aromatic heterocycles. The Labute approximate surface area is 116 Å². The summed E-state index contributed by atoms with van der Waals surface area (Å²) < 4.78 is 0. The fourth-order valence-electron chi connectivity index (χ4n) is 1.81. The molecule has 0 atom stereocenters. The van der Waals surface area contributed by atoms with Gasteiger partial charge in [-0.3, -0.25) is 5.10 Å². The van der Waals surface area contributed by atoms with Crippen LogP contribution in [0.3, 0.4) is 0 Å². The summed E-state index contributed by atoms with van der Waals surface area (Å²) in [6, 6.07) is 19.6. The van der Waals surface area contributed by atoms with Gasteiger partial charge in [0.05, 0.1) is 6.20 Å². The molecule has 3 nitrogen and oxygen atoms in total. The average Bonchev–Trinajstić information content (AvgIpc) is 3.01. The summed E-state index contributed by atoms with van der Waals surface area (Å²) in [4.78, 5) is 1.10. The molecule has 1 N–H and O–H groups in total. The number of thioether (sulfide) groups is 1. The predicted octanol–water partition coefficient (Wildman–Crippen LogP) is 3.56. The van der Waals surface area contributed by atoms with E-state index >= 15 is 0 Å². The molecule has 0 amide bonds. The topological polar surface area (TPSA) is 41.6 Å². The molecule has 0 spiro atoms. The van der Waals surface area contributed by atoms with Gasteiger partial charge < -0.3 is 0 Å². The zero-order chi connectivity index (χ0) is 12.9. The summed E-state index contributed by atoms with van der Waals surface area (Å²) >= 11 is 1.76. The summed E-state index contributed by atoms with van der Waals surface area (Å²) in [5, 5.41) is 10.6. The first-order valence-electron chi connectivity index (χ1n) is 5.98. The number of nitrogens with zero attached hydrogens (tertiary/aromatic N) is 2. The molecule has 93 valence electrons. The van der Waals surface area contributed by atoms with E-state index < -0.39 is 0 Å². The molecule has 0 aliphatic carbocycles. The molecular weight excluding hydrogens is 254 g/mol. The van der Waals surface area contributed by atoms with Gasteiger partial charge >= 0.3 is 0 Å². The molecule has 4 heteroatoms. The quantitative estimate of drug-likeness (QED) is 0.734. The van der Waals surface area contributed by atoms with E-state index in [1.54, 1.807) is 18.0 Å². The molecule has 1 radical (unpaired) electrons. The zero-order valence-electron chi connectivity index (χ0n) is 10.2. The largest absolute Gasteiger partial charge is 0.265 e. The SMILES string of the molecule is [c]1cccc(-c2c[nH]nn2)c1SCc1ccccc1. The smallest absolute Gasteiger partial charge is 0.113 e. The highest BCUT2D eigenvalue weighted by Gasteiger charge is 2.07. The van der Waals surface area contributed by atoms with Crippen LogP contribution in [0.4, 0.5) is 0 Å². The van der Waals surface area contributed by atoms with Gasteiger partial charge in [-0.05, 0) is 11.6 Å². The summed E-state index contributed by atoms with van der Waals surface area (Å²) in [5.74, 6) is 0.923. The van der Waals surface area contributed by atoms with Crippen molar-refractivity contribution in [3.05, 3.63) is 66.4 Å². The molecule has 3 aromatic rings. The summed E-state index contributed by atoms with van der Waals surface area (Å²) in [5.41, 5.74) is 3.22. The van der Waals surface area contributed by atoms with Crippen molar-refractivity contribution in [3.8, 4) is 11.3 Å². The van der Waals surface area contributed by atoms with Crippen molar-refractivity contribution in [2.45, 2.75) is 10.6 Å². The van der Waals surface area contributed by atoms with Gasteiger partial charge in [0, 0.05) is 16.2 Å². The first-order chi connectivity index (χ1) is 9.43. The zero-order valence-corrected chi connectivity index (χ0v) is 11.0. The van der Waals surface area contributed by atoms with E-state index in [-0.39, 0.29) is 0 Å². The van der Waals surface area contributed by atoms with E-state index in [1.807, 2.05) is 24.3 Å². The second-order valence-electron chi connectivity index (χ2n) is 4.05. The van der Waals surface area contributed by atoms with Crippen LogP contribution in [-0.4, -0.2) is 15.4 Å². The Kier molecular flexibility index (Phi) is 3.61. The van der Waals surface area contributed by atoms with Crippen LogP contribution in [0.5, 0.6) is 0 Å². The number of nitrogens with one attached hydrogen (secondary N) is 1. The molecule has 19 heavy (non-hydrogen) atoms. The monoisotopic (exact) mass is 266 g/mol. The lowest BCUT2D eigenvalue weighted by atomic mass is 10.2. The molecule has 3 rings (SSSR count). The molecule has 0 fully saturated rings. The van der Waals surface area contributed by atoms with Gasteiger partial charge in [0.25, 0.3) is 0 Å². The molecule has 0 aliphatic heterocycles. The minimum Gasteiger partial charge on any atom is -0.265 e. The van der Waals surface area contributed by atoms with Crippen LogP contribution in [0, 0.1) is 6.07 Å². The third kappa shape index (κ3) is 2.85. The lowest BCUT2D eigenvalue weighted by molar-refractivity contribution is 0.941. The number of hydrogen-bond acceptors (Lipinski definition) is 3. The standard InChI is InChI=1S/C15H12N3S/c1-2-6-12(7-3-1)11-19-15-9-5-4-8-13(15)14-10-16-18-17-14/h1-8,10H,11H2,(H,16,17,18). The van der Waals surface area contributed by atoms with Gasteiger partial charge in [0.2, 0.25) is 0 Å². The van der Waals surface area contributed by atoms with Crippen molar-refractivity contribution >= 4 is 11.8 Å². The van der Waals surface area contributed by atoms with Crippen molar-refractivity contribution < 1.29 is 0 Å². The minimum absolute atomic E-state index is 0.854. The van der Waals surface area contributed by atoms with Crippen LogP contribution < -0.4 is 0 Å². The Hall–Kier alpha value is -2.07. The highest BCUT2D eigenvalue weighted by atomic mass is 32.2. The number of rotatable bonds is 4. The van der Waals surface area contributed by atoms with Crippen molar-refractivity contribution in [2.75, 3.05) is 0 Å². The third-order valence-electron chi connectivity index (χ3n) is 2.74. The van der Waals surface area contributed by atoms with Gasteiger partial charge in [0.1, 0.15) is 5.69 Å². The van der Waals surface area contributed by atoms with Gasteiger partial charge in [-0.25, -0.2) is 0 Å². The van der Waals surface area contributed by atoms with Crippen molar-refractivity contribution in [1.29, 1.82) is 0 Å². The Balaban J connectivity index is 1.82. The van der Waals surface area contributed by atoms with E-state index in [9.17, 15) is 0 Å². The first-order valence-corrected chi connectivity index (χ1v) is 6.96. The molecule has 1 heterocycles. The second kappa shape index (κ2) is 5.71. The van der Waals surface area contributed by atoms with E-state index in [2.05, 4.69) is 45.7 Å². The molecule has 0 bridgehead atoms. The molecule has 0 saturated heterocycles. The number of hydrogen-bond donors (Lipinski definition) is 1. The molecule has 2 aromatic carbocycles. The normalized spacial score (nSPS) is 10.5. The maximum atomic E-state index is 4.06. The fraction of sp³-hybridized carbons (Fsp3) is 0.0667. The number of aromatic amines is 1. The first kappa shape index (κ1) is 12.0. The highest BCUT2D eigenvalue weighted by Crippen LogP contribution is 2.31. The van der Waals surface area contributed by atoms with Crippen LogP contribution in [0.15, 0.2) is 59.6 Å². The van der Waals surface area contributed by atoms with Gasteiger partial charge in [0.15, 0.2) is 0 Å². The average molecular weight is 266 g/mol. The Morgan fingerprint density at radius 1 is 1.11 bits per heavy atom. The minimum atomic E-state index is 0.854. The Bertz CT molecular complexity index is 636. The summed E-state index contributed by atoms with van der Waals surface area (Å²) in [6.45, 7) is 0. The van der Waals surface area contributed by atoms with Crippen LogP contribution in [0.25, 0.3) is 11.3 Å². The summed E-state index contributed by atoms with van der Waals surface area (Å²) in [7, 11) is 0. The lowest BCUT2D eigenvalue weighted by Gasteiger charge is -2.06. The van der Waals surface area contributed by atoms with Crippen LogP contribution in [0.2, 0.25) is 0 Å². The van der Waals surface area contributed by atoms with Gasteiger partial charge in [-0.2, -0.15) is 0 Å². The van der Waals surface area contributed by atoms with Gasteiger partial charge in [-0.1, -0.05) is 53.7 Å². The number of H-pyrrole nitrogens is 1. The maximum absolute atomic E-state index is 4.06. The molecule has 0 aliphatic rings. The van der Waals surface area contributed by atoms with Crippen molar-refractivity contribution in [1.82, 2.24) is 15.4 Å². The van der Waals surface area contributed by atoms with E-state index in [0.717, 1.165) is 21.9 Å². The van der Waals surface area contributed by atoms with E-state index in [0.29, 0.717) is 0 Å². The van der Waals surface area contributed by atoms with Crippen LogP contribution >= 0.6 is 11.8 Å². The highest BCUT2D eigenvalue weighted by molar-refractivity contribution is 7.98. The molecule has 0 unspecified atom stereocenters. The fourth-order valence-corrected chi connectivity index (χ4v) is 2.79. The van der Waals surface area contributed by atoms with Crippen LogP contribution in [-0.2, 0) is 5.75 Å². The molecule has 0 saturated carbocycles. The molecular formula is C15H12N3S. The third-order valence-corrected chi connectivity index (χ3v) is 3.84. The Morgan fingerprint density at radius 2 is 2.00 bits per heavy atom. The van der Waals surface area contributed by atoms with Crippen LogP contribution in [0.1, 0.15) is 5.56 Å². The summed E-state index contributed by atoms with van der Waals surface area (Å²) in [6.07, 6.45) is 1.80. The lowest BCUT2D eigenvalue weighted by Crippen LogP contribution is -1.85. The maximum Gasteiger partial charge on any atom is 0.113 e. The van der Waals surface area contributed by atoms with E-state index in [4.69, 9.17) is 0 Å².